The third kappa shape index (κ3) is 4.55. The number of benzene rings is 5. The highest BCUT2D eigenvalue weighted by Crippen LogP contribution is 2.51. The van der Waals surface area contributed by atoms with Gasteiger partial charge in [-0.2, -0.15) is 0 Å². The first-order chi connectivity index (χ1) is 23.5. The molecule has 5 heteroatoms. The number of allylic oxidation sites excluding steroid dienone is 2. The van der Waals surface area contributed by atoms with Gasteiger partial charge in [0.15, 0.2) is 5.82 Å². The van der Waals surface area contributed by atoms with Gasteiger partial charge in [0, 0.05) is 35.1 Å². The number of aromatic nitrogens is 3. The molecule has 0 radical (unpaired) electrons. The van der Waals surface area contributed by atoms with Crippen LogP contribution in [0.1, 0.15) is 19.4 Å². The van der Waals surface area contributed by atoms with E-state index in [9.17, 15) is 0 Å². The average Bonchev–Trinajstić information content (AvgIpc) is 3.14. The van der Waals surface area contributed by atoms with Gasteiger partial charge in [-0.05, 0) is 86.4 Å². The fourth-order valence-electron chi connectivity index (χ4n) is 7.25. The lowest BCUT2D eigenvalue weighted by molar-refractivity contribution is 0.616. The lowest BCUT2D eigenvalue weighted by Gasteiger charge is -2.41. The van der Waals surface area contributed by atoms with Crippen molar-refractivity contribution >= 4 is 39.8 Å². The first-order valence-corrected chi connectivity index (χ1v) is 16.0. The Morgan fingerprint density at radius 1 is 0.625 bits per heavy atom. The summed E-state index contributed by atoms with van der Waals surface area (Å²) in [6.07, 6.45) is 7.26. The van der Waals surface area contributed by atoms with Crippen LogP contribution in [0.2, 0.25) is 0 Å². The minimum Gasteiger partial charge on any atom is -0.278 e. The summed E-state index contributed by atoms with van der Waals surface area (Å²) in [5.74, 6) is 2.25. The first-order valence-electron chi connectivity index (χ1n) is 16.0. The summed E-state index contributed by atoms with van der Waals surface area (Å²) >= 11 is 0. The van der Waals surface area contributed by atoms with Gasteiger partial charge >= 0.3 is 0 Å². The predicted octanol–water partition coefficient (Wildman–Crippen LogP) is 10.7. The third-order valence-electron chi connectivity index (χ3n) is 9.49. The van der Waals surface area contributed by atoms with Crippen molar-refractivity contribution in [2.75, 3.05) is 4.90 Å². The second-order valence-corrected chi connectivity index (χ2v) is 12.5. The molecule has 5 aromatic carbocycles. The molecule has 0 saturated heterocycles. The van der Waals surface area contributed by atoms with Crippen LogP contribution in [0.4, 0.5) is 11.5 Å². The highest BCUT2D eigenvalue weighted by molar-refractivity contribution is 6.21. The molecule has 8 rings (SSSR count). The molecule has 0 fully saturated rings. The average molecular weight is 620 g/mol. The number of rotatable bonds is 6. The summed E-state index contributed by atoms with van der Waals surface area (Å²) in [7, 11) is 0. The second-order valence-electron chi connectivity index (χ2n) is 12.5. The lowest BCUT2D eigenvalue weighted by atomic mass is 9.73. The third-order valence-corrected chi connectivity index (χ3v) is 9.49. The van der Waals surface area contributed by atoms with Crippen molar-refractivity contribution in [3.05, 3.63) is 163 Å². The fourth-order valence-corrected chi connectivity index (χ4v) is 7.25. The molecule has 0 N–H and O–H groups in total. The van der Waals surface area contributed by atoms with Crippen LogP contribution in [-0.2, 0) is 5.41 Å². The second kappa shape index (κ2) is 11.6. The van der Waals surface area contributed by atoms with Crippen LogP contribution in [0.5, 0.6) is 0 Å². The summed E-state index contributed by atoms with van der Waals surface area (Å²) in [4.78, 5) is 20.2. The van der Waals surface area contributed by atoms with Crippen LogP contribution in [0.25, 0.3) is 55.2 Å². The normalized spacial score (nSPS) is 13.8. The Kier molecular flexibility index (Phi) is 7.03. The van der Waals surface area contributed by atoms with E-state index in [1.54, 1.807) is 18.6 Å². The molecule has 7 aromatic rings. The Balaban J connectivity index is 1.36. The van der Waals surface area contributed by atoms with E-state index in [-0.39, 0.29) is 5.41 Å². The molecule has 0 amide bonds. The van der Waals surface area contributed by atoms with Crippen molar-refractivity contribution in [3.8, 4) is 33.6 Å². The van der Waals surface area contributed by atoms with Crippen LogP contribution < -0.4 is 4.90 Å². The van der Waals surface area contributed by atoms with E-state index in [1.165, 1.54) is 38.2 Å². The van der Waals surface area contributed by atoms with E-state index >= 15 is 0 Å². The van der Waals surface area contributed by atoms with E-state index in [2.05, 4.69) is 138 Å². The highest BCUT2D eigenvalue weighted by atomic mass is 15.3. The SMILES string of the molecule is C=CC1=C(N=C)N(c2ccccn2)c2ccc(-c3c4ccccc4c(-c4ccc(-c5ncccn5)cc4)c4ccccc34)cc2C1(C)C. The Morgan fingerprint density at radius 2 is 1.17 bits per heavy atom. The fraction of sp³-hybridized carbons (Fsp3) is 0.0698. The van der Waals surface area contributed by atoms with Crippen LogP contribution >= 0.6 is 0 Å². The van der Waals surface area contributed by atoms with E-state index < -0.39 is 0 Å². The summed E-state index contributed by atoms with van der Waals surface area (Å²) in [5, 5.41) is 4.80. The van der Waals surface area contributed by atoms with Gasteiger partial charge in [0.25, 0.3) is 0 Å². The smallest absolute Gasteiger partial charge is 0.159 e. The Morgan fingerprint density at radius 3 is 1.73 bits per heavy atom. The Hall–Kier alpha value is -6.20. The Labute approximate surface area is 280 Å². The standard InChI is InChI=1S/C43H33N5/c1-5-35-42(44-4)48(38-17-10-11-24-45-38)37-23-22-30(27-36(37)43(35,2)3)40-33-15-8-6-13-31(33)39(32-14-7-9-16-34(32)40)28-18-20-29(21-19-28)41-46-25-12-26-47-41/h5-27H,1,4H2,2-3H3. The summed E-state index contributed by atoms with van der Waals surface area (Å²) < 4.78 is 0. The topological polar surface area (TPSA) is 54.3 Å². The molecule has 0 atom stereocenters. The summed E-state index contributed by atoms with van der Waals surface area (Å²) in [5.41, 5.74) is 8.53. The maximum Gasteiger partial charge on any atom is 0.159 e. The predicted molar refractivity (Wildman–Crippen MR) is 200 cm³/mol. The molecule has 1 aliphatic rings. The van der Waals surface area contributed by atoms with E-state index in [0.717, 1.165) is 45.4 Å². The molecule has 1 aliphatic heterocycles. The van der Waals surface area contributed by atoms with Crippen molar-refractivity contribution in [1.82, 2.24) is 15.0 Å². The van der Waals surface area contributed by atoms with Gasteiger partial charge in [-0.15, -0.1) is 0 Å². The van der Waals surface area contributed by atoms with E-state index in [0.29, 0.717) is 0 Å². The number of fused-ring (bicyclic) bond motifs is 3. The molecule has 230 valence electrons. The van der Waals surface area contributed by atoms with Gasteiger partial charge < -0.3 is 0 Å². The van der Waals surface area contributed by atoms with Gasteiger partial charge in [0.2, 0.25) is 0 Å². The molecule has 3 heterocycles. The van der Waals surface area contributed by atoms with Crippen molar-refractivity contribution in [1.29, 1.82) is 0 Å². The summed E-state index contributed by atoms with van der Waals surface area (Å²) in [6, 6.07) is 40.6. The first kappa shape index (κ1) is 29.2. The number of pyridine rings is 1. The van der Waals surface area contributed by atoms with Crippen molar-refractivity contribution < 1.29 is 0 Å². The molecule has 0 saturated carbocycles. The summed E-state index contributed by atoms with van der Waals surface area (Å²) in [6.45, 7) is 12.6. The van der Waals surface area contributed by atoms with Crippen molar-refractivity contribution in [2.45, 2.75) is 19.3 Å². The monoisotopic (exact) mass is 619 g/mol. The molecule has 0 unspecified atom stereocenters. The Bertz CT molecular complexity index is 2330. The zero-order valence-electron chi connectivity index (χ0n) is 26.9. The molecular weight excluding hydrogens is 587 g/mol. The molecule has 5 nitrogen and oxygen atoms in total. The maximum atomic E-state index is 4.70. The molecule has 2 aromatic heterocycles. The molecule has 0 bridgehead atoms. The molecular formula is C43H33N5. The van der Waals surface area contributed by atoms with Gasteiger partial charge in [-0.25, -0.2) is 19.9 Å². The van der Waals surface area contributed by atoms with Crippen molar-refractivity contribution in [3.63, 3.8) is 0 Å². The van der Waals surface area contributed by atoms with Crippen LogP contribution in [0.3, 0.4) is 0 Å². The molecule has 0 aliphatic carbocycles. The number of aliphatic imine (C=N–C) groups is 1. The number of hydrogen-bond acceptors (Lipinski definition) is 5. The van der Waals surface area contributed by atoms with Crippen molar-refractivity contribution in [2.24, 2.45) is 4.99 Å². The largest absolute Gasteiger partial charge is 0.278 e. The van der Waals surface area contributed by atoms with Crippen LogP contribution in [0, 0.1) is 0 Å². The number of nitrogens with zero attached hydrogens (tertiary/aromatic N) is 5. The van der Waals surface area contributed by atoms with E-state index in [4.69, 9.17) is 4.98 Å². The van der Waals surface area contributed by atoms with Crippen LogP contribution in [-0.4, -0.2) is 21.7 Å². The quantitative estimate of drug-likeness (QED) is 0.137. The highest BCUT2D eigenvalue weighted by Gasteiger charge is 2.38. The number of hydrogen-bond donors (Lipinski definition) is 0. The molecule has 0 spiro atoms. The maximum absolute atomic E-state index is 4.70. The minimum absolute atomic E-state index is 0.384. The zero-order valence-corrected chi connectivity index (χ0v) is 26.9. The minimum atomic E-state index is -0.384. The zero-order chi connectivity index (χ0) is 32.8. The lowest BCUT2D eigenvalue weighted by Crippen LogP contribution is -2.33. The molecule has 48 heavy (non-hydrogen) atoms. The van der Waals surface area contributed by atoms with Gasteiger partial charge in [-0.1, -0.05) is 111 Å². The van der Waals surface area contributed by atoms with Crippen LogP contribution in [0.15, 0.2) is 163 Å². The van der Waals surface area contributed by atoms with Gasteiger partial charge in [0.05, 0.1) is 5.69 Å². The van der Waals surface area contributed by atoms with Gasteiger partial charge in [-0.3, -0.25) is 4.90 Å². The van der Waals surface area contributed by atoms with E-state index in [1.807, 2.05) is 30.3 Å². The number of anilines is 2. The van der Waals surface area contributed by atoms with Gasteiger partial charge in [0.1, 0.15) is 11.6 Å².